The molecule has 1 saturated heterocycles. The monoisotopic (exact) mass is 317 g/mol. The van der Waals surface area contributed by atoms with Gasteiger partial charge in [-0.2, -0.15) is 0 Å². The summed E-state index contributed by atoms with van der Waals surface area (Å²) in [5.74, 6) is 0.0723. The number of nitrogens with zero attached hydrogens (tertiary/aromatic N) is 2. The lowest BCUT2D eigenvalue weighted by molar-refractivity contribution is -0.127. The van der Waals surface area contributed by atoms with Crippen molar-refractivity contribution < 1.29 is 4.79 Å². The molecule has 0 aliphatic carbocycles. The van der Waals surface area contributed by atoms with E-state index in [0.29, 0.717) is 0 Å². The summed E-state index contributed by atoms with van der Waals surface area (Å²) in [7, 11) is 3.91. The third-order valence-electron chi connectivity index (χ3n) is 4.44. The molecule has 23 heavy (non-hydrogen) atoms. The summed E-state index contributed by atoms with van der Waals surface area (Å²) in [5.41, 5.74) is 2.02. The van der Waals surface area contributed by atoms with Crippen LogP contribution in [0.3, 0.4) is 0 Å². The minimum atomic E-state index is -0.256. The molecule has 1 aromatic carbocycles. The summed E-state index contributed by atoms with van der Waals surface area (Å²) in [5, 5.41) is 3.26. The van der Waals surface area contributed by atoms with Crippen LogP contribution in [0.5, 0.6) is 0 Å². The van der Waals surface area contributed by atoms with Crippen LogP contribution in [-0.2, 0) is 4.79 Å². The molecule has 128 valence electrons. The lowest BCUT2D eigenvalue weighted by Gasteiger charge is -2.34. The number of carbonyl (C=O) groups is 1. The van der Waals surface area contributed by atoms with Gasteiger partial charge in [0, 0.05) is 12.1 Å². The van der Waals surface area contributed by atoms with Gasteiger partial charge in [-0.15, -0.1) is 0 Å². The molecule has 1 atom stereocenters. The van der Waals surface area contributed by atoms with E-state index in [1.165, 1.54) is 18.4 Å². The molecule has 0 spiro atoms. The van der Waals surface area contributed by atoms with Crippen molar-refractivity contribution in [3.8, 4) is 0 Å². The number of benzene rings is 1. The van der Waals surface area contributed by atoms with Gasteiger partial charge in [-0.25, -0.2) is 0 Å². The number of likely N-dealkylation sites (tertiary alicyclic amines) is 1. The molecule has 0 aromatic heterocycles. The second-order valence-electron chi connectivity index (χ2n) is 7.63. The lowest BCUT2D eigenvalue weighted by atomic mass is 10.00. The number of nitrogens with one attached hydrogen (secondary N) is 1. The van der Waals surface area contributed by atoms with Crippen LogP contribution < -0.4 is 5.32 Å². The first-order chi connectivity index (χ1) is 10.8. The highest BCUT2D eigenvalue weighted by atomic mass is 16.2. The molecule has 1 aromatic rings. The molecule has 1 aliphatic heterocycles. The Labute approximate surface area is 140 Å². The molecular formula is C19H31N3O. The van der Waals surface area contributed by atoms with Crippen LogP contribution in [0.15, 0.2) is 24.3 Å². The number of hydrogen-bond donors (Lipinski definition) is 1. The van der Waals surface area contributed by atoms with Crippen molar-refractivity contribution >= 4 is 5.91 Å². The zero-order valence-corrected chi connectivity index (χ0v) is 15.2. The number of aryl methyl sites for hydroxylation is 1. The highest BCUT2D eigenvalue weighted by Gasteiger charge is 2.30. The van der Waals surface area contributed by atoms with E-state index in [-0.39, 0.29) is 17.5 Å². The Balaban J connectivity index is 2.06. The van der Waals surface area contributed by atoms with Crippen LogP contribution in [0.4, 0.5) is 0 Å². The molecule has 0 unspecified atom stereocenters. The van der Waals surface area contributed by atoms with Gasteiger partial charge in [-0.05, 0) is 66.4 Å². The Morgan fingerprint density at radius 3 is 2.30 bits per heavy atom. The second-order valence-corrected chi connectivity index (χ2v) is 7.63. The van der Waals surface area contributed by atoms with Gasteiger partial charge in [0.15, 0.2) is 0 Å². The van der Waals surface area contributed by atoms with Crippen LogP contribution >= 0.6 is 0 Å². The van der Waals surface area contributed by atoms with Gasteiger partial charge in [0.25, 0.3) is 0 Å². The summed E-state index contributed by atoms with van der Waals surface area (Å²) < 4.78 is 0. The number of rotatable bonds is 6. The summed E-state index contributed by atoms with van der Waals surface area (Å²) in [6.07, 6.45) is 2.54. The van der Waals surface area contributed by atoms with Gasteiger partial charge in [0.05, 0.1) is 0 Å². The maximum Gasteiger partial charge on any atom is 0.242 e. The minimum absolute atomic E-state index is 0.0723. The van der Waals surface area contributed by atoms with E-state index < -0.39 is 0 Å². The van der Waals surface area contributed by atoms with Crippen molar-refractivity contribution in [2.24, 2.45) is 0 Å². The number of hydrogen-bond acceptors (Lipinski definition) is 3. The number of amides is 1. The molecule has 0 radical (unpaired) electrons. The molecule has 4 heteroatoms. The fraction of sp³-hybridized carbons (Fsp3) is 0.632. The third-order valence-corrected chi connectivity index (χ3v) is 4.44. The first-order valence-corrected chi connectivity index (χ1v) is 8.56. The largest absolute Gasteiger partial charge is 0.348 e. The van der Waals surface area contributed by atoms with Gasteiger partial charge >= 0.3 is 0 Å². The van der Waals surface area contributed by atoms with Crippen molar-refractivity contribution in [1.82, 2.24) is 15.1 Å². The van der Waals surface area contributed by atoms with Gasteiger partial charge < -0.3 is 10.2 Å². The Kier molecular flexibility index (Phi) is 5.82. The summed E-state index contributed by atoms with van der Waals surface area (Å²) in [4.78, 5) is 17.3. The average molecular weight is 317 g/mol. The third kappa shape index (κ3) is 5.05. The van der Waals surface area contributed by atoms with Crippen LogP contribution in [0.1, 0.15) is 43.9 Å². The molecule has 1 fully saturated rings. The SMILES string of the molecule is Cc1ccc([C@@H](C(=O)NC(C)(C)CN2CCCC2)N(C)C)cc1. The van der Waals surface area contributed by atoms with Gasteiger partial charge in [-0.3, -0.25) is 9.69 Å². The van der Waals surface area contributed by atoms with Gasteiger partial charge in [0.1, 0.15) is 6.04 Å². The summed E-state index contributed by atoms with van der Waals surface area (Å²) in [6, 6.07) is 7.97. The predicted molar refractivity (Wildman–Crippen MR) is 95.5 cm³/mol. The Morgan fingerprint density at radius 1 is 1.22 bits per heavy atom. The van der Waals surface area contributed by atoms with E-state index in [9.17, 15) is 4.79 Å². The molecule has 4 nitrogen and oxygen atoms in total. The predicted octanol–water partition coefficient (Wildman–Crippen LogP) is 2.59. The van der Waals surface area contributed by atoms with E-state index in [0.717, 1.165) is 25.2 Å². The summed E-state index contributed by atoms with van der Waals surface area (Å²) >= 11 is 0. The molecule has 0 bridgehead atoms. The average Bonchev–Trinajstić information content (AvgIpc) is 2.92. The molecule has 1 heterocycles. The molecule has 1 N–H and O–H groups in total. The lowest BCUT2D eigenvalue weighted by Crippen LogP contribution is -2.53. The van der Waals surface area contributed by atoms with Crippen molar-refractivity contribution in [2.75, 3.05) is 33.7 Å². The Bertz CT molecular complexity index is 516. The zero-order valence-electron chi connectivity index (χ0n) is 15.2. The standard InChI is InChI=1S/C19H31N3O/c1-15-8-10-16(11-9-15)17(21(4)5)18(23)20-19(2,3)14-22-12-6-7-13-22/h8-11,17H,6-7,12-14H2,1-5H3,(H,20,23)/t17-/m0/s1. The van der Waals surface area contributed by atoms with E-state index >= 15 is 0 Å². The number of likely N-dealkylation sites (N-methyl/N-ethyl adjacent to an activating group) is 1. The molecule has 2 rings (SSSR count). The van der Waals surface area contributed by atoms with E-state index in [1.54, 1.807) is 0 Å². The first-order valence-electron chi connectivity index (χ1n) is 8.56. The fourth-order valence-corrected chi connectivity index (χ4v) is 3.37. The minimum Gasteiger partial charge on any atom is -0.348 e. The van der Waals surface area contributed by atoms with Crippen molar-refractivity contribution in [3.63, 3.8) is 0 Å². The molecule has 1 aliphatic rings. The highest BCUT2D eigenvalue weighted by Crippen LogP contribution is 2.21. The Hall–Kier alpha value is -1.39. The van der Waals surface area contributed by atoms with E-state index in [1.807, 2.05) is 31.1 Å². The maximum absolute atomic E-state index is 12.9. The summed E-state index contributed by atoms with van der Waals surface area (Å²) in [6.45, 7) is 9.50. The van der Waals surface area contributed by atoms with Crippen LogP contribution in [0, 0.1) is 6.92 Å². The topological polar surface area (TPSA) is 35.6 Å². The van der Waals surface area contributed by atoms with Gasteiger partial charge in [0.2, 0.25) is 5.91 Å². The second kappa shape index (κ2) is 7.45. The quantitative estimate of drug-likeness (QED) is 0.876. The van der Waals surface area contributed by atoms with Crippen molar-refractivity contribution in [2.45, 2.75) is 45.2 Å². The van der Waals surface area contributed by atoms with Crippen LogP contribution in [-0.4, -0.2) is 55.0 Å². The van der Waals surface area contributed by atoms with Crippen molar-refractivity contribution in [3.05, 3.63) is 35.4 Å². The van der Waals surface area contributed by atoms with Gasteiger partial charge in [-0.1, -0.05) is 29.8 Å². The fourth-order valence-electron chi connectivity index (χ4n) is 3.37. The van der Waals surface area contributed by atoms with E-state index in [4.69, 9.17) is 0 Å². The zero-order chi connectivity index (χ0) is 17.0. The smallest absolute Gasteiger partial charge is 0.242 e. The molecular weight excluding hydrogens is 286 g/mol. The van der Waals surface area contributed by atoms with E-state index in [2.05, 4.69) is 43.1 Å². The Morgan fingerprint density at radius 2 is 1.78 bits per heavy atom. The maximum atomic E-state index is 12.9. The van der Waals surface area contributed by atoms with Crippen LogP contribution in [0.25, 0.3) is 0 Å². The highest BCUT2D eigenvalue weighted by molar-refractivity contribution is 5.83. The molecule has 1 amide bonds. The first kappa shape index (κ1) is 18.0. The molecule has 0 saturated carbocycles. The number of carbonyl (C=O) groups excluding carboxylic acids is 1. The van der Waals surface area contributed by atoms with Crippen LogP contribution in [0.2, 0.25) is 0 Å². The normalized spacial score (nSPS) is 17.5. The van der Waals surface area contributed by atoms with Crippen molar-refractivity contribution in [1.29, 1.82) is 0 Å².